The van der Waals surface area contributed by atoms with Crippen molar-refractivity contribution in [2.45, 2.75) is 6.42 Å². The Hall–Kier alpha value is -1.75. The van der Waals surface area contributed by atoms with Gasteiger partial charge in [-0.25, -0.2) is 0 Å². The van der Waals surface area contributed by atoms with Crippen LogP contribution >= 0.6 is 0 Å². The van der Waals surface area contributed by atoms with E-state index in [9.17, 15) is 5.11 Å². The first kappa shape index (κ1) is 9.79. The van der Waals surface area contributed by atoms with E-state index in [4.69, 9.17) is 9.52 Å². The van der Waals surface area contributed by atoms with Crippen molar-refractivity contribution in [3.63, 3.8) is 0 Å². The van der Waals surface area contributed by atoms with Crippen LogP contribution in [0.4, 0.5) is 6.01 Å². The van der Waals surface area contributed by atoms with Gasteiger partial charge in [0.05, 0.1) is 0 Å². The smallest absolute Gasteiger partial charge is 0.295 e. The summed E-state index contributed by atoms with van der Waals surface area (Å²) in [6.45, 7) is 0.739. The fourth-order valence-electron chi connectivity index (χ4n) is 1.26. The largest absolute Gasteiger partial charge is 0.508 e. The SMILES string of the molecule is OCCCNc1nc2ccc(O)cc2o1. The predicted octanol–water partition coefficient (Wildman–Crippen LogP) is 1.33. The van der Waals surface area contributed by atoms with Gasteiger partial charge < -0.3 is 19.9 Å². The average Bonchev–Trinajstić information content (AvgIpc) is 2.60. The first-order chi connectivity index (χ1) is 7.29. The van der Waals surface area contributed by atoms with Gasteiger partial charge in [-0.15, -0.1) is 0 Å². The van der Waals surface area contributed by atoms with Crippen molar-refractivity contribution in [2.24, 2.45) is 0 Å². The number of oxazole rings is 1. The van der Waals surface area contributed by atoms with Gasteiger partial charge in [0.2, 0.25) is 0 Å². The summed E-state index contributed by atoms with van der Waals surface area (Å²) in [5.41, 5.74) is 1.24. The van der Waals surface area contributed by atoms with E-state index in [-0.39, 0.29) is 12.4 Å². The van der Waals surface area contributed by atoms with E-state index in [0.717, 1.165) is 0 Å². The zero-order valence-electron chi connectivity index (χ0n) is 8.10. The monoisotopic (exact) mass is 208 g/mol. The second kappa shape index (κ2) is 4.18. The summed E-state index contributed by atoms with van der Waals surface area (Å²) in [6.07, 6.45) is 0.643. The summed E-state index contributed by atoms with van der Waals surface area (Å²) in [6, 6.07) is 5.16. The third-order valence-electron chi connectivity index (χ3n) is 1.98. The lowest BCUT2D eigenvalue weighted by atomic mass is 10.3. The van der Waals surface area contributed by atoms with E-state index in [2.05, 4.69) is 10.3 Å². The molecule has 0 atom stereocenters. The van der Waals surface area contributed by atoms with Crippen molar-refractivity contribution in [3.8, 4) is 5.75 Å². The number of aliphatic hydroxyl groups is 1. The van der Waals surface area contributed by atoms with Crippen LogP contribution in [0.3, 0.4) is 0 Å². The molecular formula is C10H12N2O3. The quantitative estimate of drug-likeness (QED) is 0.660. The van der Waals surface area contributed by atoms with Crippen LogP contribution in [0.2, 0.25) is 0 Å². The fraction of sp³-hybridized carbons (Fsp3) is 0.300. The van der Waals surface area contributed by atoms with E-state index >= 15 is 0 Å². The van der Waals surface area contributed by atoms with Gasteiger partial charge in [0.1, 0.15) is 11.3 Å². The summed E-state index contributed by atoms with van der Waals surface area (Å²) < 4.78 is 5.33. The maximum absolute atomic E-state index is 9.21. The molecule has 0 radical (unpaired) electrons. The minimum absolute atomic E-state index is 0.133. The highest BCUT2D eigenvalue weighted by molar-refractivity contribution is 5.75. The van der Waals surface area contributed by atoms with E-state index in [1.54, 1.807) is 12.1 Å². The third kappa shape index (κ3) is 2.19. The van der Waals surface area contributed by atoms with Gasteiger partial charge in [0.15, 0.2) is 5.58 Å². The number of anilines is 1. The van der Waals surface area contributed by atoms with Crippen molar-refractivity contribution in [3.05, 3.63) is 18.2 Å². The molecule has 0 saturated carbocycles. The molecule has 5 heteroatoms. The highest BCUT2D eigenvalue weighted by atomic mass is 16.4. The van der Waals surface area contributed by atoms with Crippen LogP contribution in [-0.2, 0) is 0 Å². The maximum atomic E-state index is 9.21. The Bertz CT molecular complexity index is 453. The number of aliphatic hydroxyl groups excluding tert-OH is 1. The van der Waals surface area contributed by atoms with E-state index in [1.807, 2.05) is 0 Å². The minimum Gasteiger partial charge on any atom is -0.508 e. The molecule has 0 amide bonds. The average molecular weight is 208 g/mol. The summed E-state index contributed by atoms with van der Waals surface area (Å²) >= 11 is 0. The molecule has 2 rings (SSSR count). The Kier molecular flexibility index (Phi) is 2.73. The van der Waals surface area contributed by atoms with Crippen molar-refractivity contribution < 1.29 is 14.6 Å². The highest BCUT2D eigenvalue weighted by Crippen LogP contribution is 2.22. The normalized spacial score (nSPS) is 10.7. The minimum atomic E-state index is 0.133. The molecule has 0 aliphatic carbocycles. The maximum Gasteiger partial charge on any atom is 0.295 e. The van der Waals surface area contributed by atoms with Crippen LogP contribution in [0.15, 0.2) is 22.6 Å². The Morgan fingerprint density at radius 3 is 3.07 bits per heavy atom. The molecule has 1 aromatic carbocycles. The number of benzene rings is 1. The van der Waals surface area contributed by atoms with Gasteiger partial charge in [-0.1, -0.05) is 0 Å². The highest BCUT2D eigenvalue weighted by Gasteiger charge is 2.04. The number of phenolic OH excluding ortho intramolecular Hbond substituents is 1. The van der Waals surface area contributed by atoms with Gasteiger partial charge in [0.25, 0.3) is 6.01 Å². The number of aromatic nitrogens is 1. The summed E-state index contributed by atoms with van der Waals surface area (Å²) in [5, 5.41) is 20.7. The first-order valence-corrected chi connectivity index (χ1v) is 4.74. The molecular weight excluding hydrogens is 196 g/mol. The fourth-order valence-corrected chi connectivity index (χ4v) is 1.26. The van der Waals surface area contributed by atoms with Crippen LogP contribution in [0.25, 0.3) is 11.1 Å². The molecule has 0 spiro atoms. The number of fused-ring (bicyclic) bond motifs is 1. The van der Waals surface area contributed by atoms with Crippen molar-refractivity contribution in [1.82, 2.24) is 4.98 Å². The van der Waals surface area contributed by atoms with Gasteiger partial charge in [-0.3, -0.25) is 0 Å². The number of phenols is 1. The standard InChI is InChI=1S/C10H12N2O3/c13-5-1-4-11-10-12-8-3-2-7(14)6-9(8)15-10/h2-3,6,13-14H,1,4-5H2,(H,11,12). The molecule has 5 nitrogen and oxygen atoms in total. The number of hydrogen-bond donors (Lipinski definition) is 3. The second-order valence-corrected chi connectivity index (χ2v) is 3.17. The topological polar surface area (TPSA) is 78.5 Å². The number of hydrogen-bond acceptors (Lipinski definition) is 5. The molecule has 1 heterocycles. The van der Waals surface area contributed by atoms with Gasteiger partial charge in [0, 0.05) is 19.2 Å². The van der Waals surface area contributed by atoms with E-state index in [0.29, 0.717) is 30.1 Å². The summed E-state index contributed by atoms with van der Waals surface area (Å²) in [5.74, 6) is 0.153. The Balaban J connectivity index is 2.16. The summed E-state index contributed by atoms with van der Waals surface area (Å²) in [7, 11) is 0. The molecule has 0 aliphatic rings. The molecule has 3 N–H and O–H groups in total. The van der Waals surface area contributed by atoms with Crippen LogP contribution in [0.1, 0.15) is 6.42 Å². The van der Waals surface area contributed by atoms with Gasteiger partial charge >= 0.3 is 0 Å². The van der Waals surface area contributed by atoms with Crippen molar-refractivity contribution in [2.75, 3.05) is 18.5 Å². The zero-order chi connectivity index (χ0) is 10.7. The molecule has 0 unspecified atom stereocenters. The number of aromatic hydroxyl groups is 1. The zero-order valence-corrected chi connectivity index (χ0v) is 8.10. The summed E-state index contributed by atoms with van der Waals surface area (Å²) in [4.78, 5) is 4.16. The molecule has 15 heavy (non-hydrogen) atoms. The lowest BCUT2D eigenvalue weighted by Crippen LogP contribution is -2.03. The van der Waals surface area contributed by atoms with Crippen LogP contribution in [-0.4, -0.2) is 28.3 Å². The van der Waals surface area contributed by atoms with E-state index in [1.165, 1.54) is 6.07 Å². The van der Waals surface area contributed by atoms with Crippen LogP contribution in [0.5, 0.6) is 5.75 Å². The van der Waals surface area contributed by atoms with E-state index < -0.39 is 0 Å². The van der Waals surface area contributed by atoms with Crippen molar-refractivity contribution >= 4 is 17.1 Å². The number of nitrogens with zero attached hydrogens (tertiary/aromatic N) is 1. The Morgan fingerprint density at radius 2 is 2.27 bits per heavy atom. The molecule has 0 saturated heterocycles. The lowest BCUT2D eigenvalue weighted by molar-refractivity contribution is 0.292. The van der Waals surface area contributed by atoms with Crippen molar-refractivity contribution in [1.29, 1.82) is 0 Å². The molecule has 80 valence electrons. The number of nitrogens with one attached hydrogen (secondary N) is 1. The number of rotatable bonds is 4. The molecule has 1 aromatic heterocycles. The molecule has 0 bridgehead atoms. The first-order valence-electron chi connectivity index (χ1n) is 4.74. The lowest BCUT2D eigenvalue weighted by Gasteiger charge is -1.97. The molecule has 0 fully saturated rings. The Labute approximate surface area is 86.4 Å². The van der Waals surface area contributed by atoms with Crippen LogP contribution in [0, 0.1) is 0 Å². The van der Waals surface area contributed by atoms with Gasteiger partial charge in [-0.05, 0) is 18.6 Å². The third-order valence-corrected chi connectivity index (χ3v) is 1.98. The van der Waals surface area contributed by atoms with Crippen LogP contribution < -0.4 is 5.32 Å². The predicted molar refractivity (Wildman–Crippen MR) is 55.9 cm³/mol. The Morgan fingerprint density at radius 1 is 1.40 bits per heavy atom. The molecule has 2 aromatic rings. The van der Waals surface area contributed by atoms with Gasteiger partial charge in [-0.2, -0.15) is 4.98 Å². The molecule has 0 aliphatic heterocycles. The second-order valence-electron chi connectivity index (χ2n) is 3.17.